The van der Waals surface area contributed by atoms with Gasteiger partial charge in [0.25, 0.3) is 5.56 Å². The zero-order valence-electron chi connectivity index (χ0n) is 19.6. The smallest absolute Gasteiger partial charge is 0.324 e. The standard InChI is InChI=1S/C25H26FN5O3/c1-5-31-23-22(17(4)28-31)29(14-21(32)27-20-11-6-15(2)12-16(20)3)25(34)30(24(23)33)13-18-7-9-19(26)10-8-18/h6-12H,5,13-14H2,1-4H3,(H,27,32). The van der Waals surface area contributed by atoms with Crippen LogP contribution in [0.15, 0.2) is 52.1 Å². The molecule has 4 aromatic rings. The predicted molar refractivity (Wildman–Crippen MR) is 129 cm³/mol. The van der Waals surface area contributed by atoms with Gasteiger partial charge < -0.3 is 5.32 Å². The van der Waals surface area contributed by atoms with Crippen LogP contribution in [0.25, 0.3) is 11.0 Å². The fourth-order valence-corrected chi connectivity index (χ4v) is 4.14. The van der Waals surface area contributed by atoms with Gasteiger partial charge in [-0.2, -0.15) is 5.10 Å². The second-order valence-corrected chi connectivity index (χ2v) is 8.35. The minimum Gasteiger partial charge on any atom is -0.324 e. The molecule has 0 bridgehead atoms. The molecule has 176 valence electrons. The minimum absolute atomic E-state index is 0.0550. The maximum atomic E-state index is 13.5. The molecule has 0 radical (unpaired) electrons. The summed E-state index contributed by atoms with van der Waals surface area (Å²) in [5.41, 5.74) is 3.16. The first kappa shape index (κ1) is 23.2. The Labute approximate surface area is 195 Å². The SMILES string of the molecule is CCn1nc(C)c2c1c(=O)n(Cc1ccc(F)cc1)c(=O)n2CC(=O)Nc1ccc(C)cc1C. The Hall–Kier alpha value is -4.01. The van der Waals surface area contributed by atoms with E-state index in [4.69, 9.17) is 0 Å². The van der Waals surface area contributed by atoms with Crippen LogP contribution in [0.4, 0.5) is 10.1 Å². The van der Waals surface area contributed by atoms with E-state index in [-0.39, 0.29) is 18.6 Å². The van der Waals surface area contributed by atoms with Crippen molar-refractivity contribution in [2.75, 3.05) is 5.32 Å². The van der Waals surface area contributed by atoms with Gasteiger partial charge in [0.1, 0.15) is 17.9 Å². The van der Waals surface area contributed by atoms with E-state index in [2.05, 4.69) is 10.4 Å². The molecule has 0 saturated heterocycles. The van der Waals surface area contributed by atoms with Gasteiger partial charge in [0, 0.05) is 12.2 Å². The Bertz CT molecular complexity index is 1510. The highest BCUT2D eigenvalue weighted by Gasteiger charge is 2.22. The largest absolute Gasteiger partial charge is 0.332 e. The Morgan fingerprint density at radius 3 is 2.35 bits per heavy atom. The number of hydrogen-bond donors (Lipinski definition) is 1. The van der Waals surface area contributed by atoms with Crippen molar-refractivity contribution in [3.05, 3.63) is 91.5 Å². The van der Waals surface area contributed by atoms with E-state index < -0.39 is 23.0 Å². The fraction of sp³-hybridized carbons (Fsp3) is 0.280. The summed E-state index contributed by atoms with van der Waals surface area (Å²) in [6.07, 6.45) is 0. The van der Waals surface area contributed by atoms with Crippen LogP contribution < -0.4 is 16.6 Å². The van der Waals surface area contributed by atoms with E-state index >= 15 is 0 Å². The summed E-state index contributed by atoms with van der Waals surface area (Å²) < 4.78 is 17.2. The summed E-state index contributed by atoms with van der Waals surface area (Å²) in [5.74, 6) is -0.808. The van der Waals surface area contributed by atoms with Crippen molar-refractivity contribution in [1.82, 2.24) is 18.9 Å². The molecule has 2 heterocycles. The third kappa shape index (κ3) is 4.28. The number of hydrogen-bond acceptors (Lipinski definition) is 4. The lowest BCUT2D eigenvalue weighted by Gasteiger charge is -2.14. The molecular formula is C25H26FN5O3. The molecule has 4 rings (SSSR count). The van der Waals surface area contributed by atoms with Crippen LogP contribution in [-0.2, 0) is 24.4 Å². The number of nitrogens with zero attached hydrogens (tertiary/aromatic N) is 4. The van der Waals surface area contributed by atoms with Crippen molar-refractivity contribution in [3.8, 4) is 0 Å². The number of carbonyl (C=O) groups is 1. The van der Waals surface area contributed by atoms with E-state index in [9.17, 15) is 18.8 Å². The lowest BCUT2D eigenvalue weighted by atomic mass is 10.1. The van der Waals surface area contributed by atoms with E-state index in [0.29, 0.717) is 29.0 Å². The lowest BCUT2D eigenvalue weighted by Crippen LogP contribution is -2.42. The highest BCUT2D eigenvalue weighted by molar-refractivity contribution is 5.92. The number of aromatic nitrogens is 4. The highest BCUT2D eigenvalue weighted by Crippen LogP contribution is 2.17. The quantitative estimate of drug-likeness (QED) is 0.476. The van der Waals surface area contributed by atoms with Gasteiger partial charge in [-0.25, -0.2) is 9.18 Å². The van der Waals surface area contributed by atoms with E-state index in [0.717, 1.165) is 15.7 Å². The van der Waals surface area contributed by atoms with Crippen LogP contribution in [-0.4, -0.2) is 24.8 Å². The lowest BCUT2D eigenvalue weighted by molar-refractivity contribution is -0.116. The molecule has 0 spiro atoms. The van der Waals surface area contributed by atoms with E-state index in [1.165, 1.54) is 33.5 Å². The van der Waals surface area contributed by atoms with E-state index in [1.807, 2.05) is 39.0 Å². The van der Waals surface area contributed by atoms with Gasteiger partial charge in [-0.15, -0.1) is 0 Å². The van der Waals surface area contributed by atoms with Crippen molar-refractivity contribution < 1.29 is 9.18 Å². The van der Waals surface area contributed by atoms with Gasteiger partial charge in [-0.05, 0) is 57.0 Å². The molecule has 0 atom stereocenters. The predicted octanol–water partition coefficient (Wildman–Crippen LogP) is 3.13. The average Bonchev–Trinajstić information content (AvgIpc) is 3.14. The number of amides is 1. The van der Waals surface area contributed by atoms with Crippen molar-refractivity contribution in [3.63, 3.8) is 0 Å². The third-order valence-corrected chi connectivity index (χ3v) is 5.79. The second-order valence-electron chi connectivity index (χ2n) is 8.35. The molecular weight excluding hydrogens is 437 g/mol. The van der Waals surface area contributed by atoms with Gasteiger partial charge >= 0.3 is 5.69 Å². The summed E-state index contributed by atoms with van der Waals surface area (Å²) in [4.78, 5) is 39.8. The van der Waals surface area contributed by atoms with Crippen LogP contribution in [0.3, 0.4) is 0 Å². The Kier molecular flexibility index (Phi) is 6.19. The second kappa shape index (κ2) is 9.09. The minimum atomic E-state index is -0.628. The first-order valence-electron chi connectivity index (χ1n) is 11.0. The Morgan fingerprint density at radius 1 is 1.00 bits per heavy atom. The molecule has 2 aromatic heterocycles. The summed E-state index contributed by atoms with van der Waals surface area (Å²) >= 11 is 0. The van der Waals surface area contributed by atoms with Gasteiger partial charge in [0.05, 0.1) is 12.2 Å². The number of benzene rings is 2. The van der Waals surface area contributed by atoms with Crippen molar-refractivity contribution in [2.45, 2.75) is 47.3 Å². The summed E-state index contributed by atoms with van der Waals surface area (Å²) in [7, 11) is 0. The fourth-order valence-electron chi connectivity index (χ4n) is 4.14. The highest BCUT2D eigenvalue weighted by atomic mass is 19.1. The maximum Gasteiger partial charge on any atom is 0.332 e. The van der Waals surface area contributed by atoms with Crippen LogP contribution in [0.1, 0.15) is 29.3 Å². The monoisotopic (exact) mass is 463 g/mol. The zero-order valence-corrected chi connectivity index (χ0v) is 19.6. The van der Waals surface area contributed by atoms with Crippen molar-refractivity contribution >= 4 is 22.6 Å². The molecule has 9 heteroatoms. The van der Waals surface area contributed by atoms with Gasteiger partial charge in [0.15, 0.2) is 5.52 Å². The molecule has 0 aliphatic rings. The van der Waals surface area contributed by atoms with Crippen LogP contribution in [0, 0.1) is 26.6 Å². The molecule has 34 heavy (non-hydrogen) atoms. The summed E-state index contributed by atoms with van der Waals surface area (Å²) in [6.45, 7) is 7.49. The number of anilines is 1. The van der Waals surface area contributed by atoms with Crippen molar-refractivity contribution in [2.24, 2.45) is 0 Å². The number of fused-ring (bicyclic) bond motifs is 1. The average molecular weight is 464 g/mol. The number of rotatable bonds is 6. The zero-order chi connectivity index (χ0) is 24.6. The van der Waals surface area contributed by atoms with Crippen LogP contribution >= 0.6 is 0 Å². The molecule has 2 aromatic carbocycles. The normalized spacial score (nSPS) is 11.2. The molecule has 0 unspecified atom stereocenters. The molecule has 1 N–H and O–H groups in total. The molecule has 0 aliphatic heterocycles. The van der Waals surface area contributed by atoms with Crippen LogP contribution in [0.5, 0.6) is 0 Å². The first-order valence-corrected chi connectivity index (χ1v) is 11.0. The van der Waals surface area contributed by atoms with Gasteiger partial charge in [0.2, 0.25) is 5.91 Å². The maximum absolute atomic E-state index is 13.5. The molecule has 8 nitrogen and oxygen atoms in total. The van der Waals surface area contributed by atoms with Crippen LogP contribution in [0.2, 0.25) is 0 Å². The topological polar surface area (TPSA) is 90.9 Å². The van der Waals surface area contributed by atoms with Gasteiger partial charge in [-0.1, -0.05) is 29.8 Å². The third-order valence-electron chi connectivity index (χ3n) is 5.79. The summed E-state index contributed by atoms with van der Waals surface area (Å²) in [6, 6.07) is 11.3. The Morgan fingerprint density at radius 2 is 1.71 bits per heavy atom. The molecule has 0 fully saturated rings. The number of aryl methyl sites for hydroxylation is 4. The summed E-state index contributed by atoms with van der Waals surface area (Å²) in [5, 5.41) is 7.26. The number of halogens is 1. The molecule has 1 amide bonds. The van der Waals surface area contributed by atoms with Gasteiger partial charge in [-0.3, -0.25) is 23.4 Å². The van der Waals surface area contributed by atoms with E-state index in [1.54, 1.807) is 6.92 Å². The van der Waals surface area contributed by atoms with Crippen molar-refractivity contribution in [1.29, 1.82) is 0 Å². The molecule has 0 saturated carbocycles. The number of nitrogens with one attached hydrogen (secondary N) is 1. The first-order chi connectivity index (χ1) is 16.2. The Balaban J connectivity index is 1.82. The number of carbonyl (C=O) groups excluding carboxylic acids is 1. The molecule has 0 aliphatic carbocycles.